The molecule has 5 nitrogen and oxygen atoms in total. The van der Waals surface area contributed by atoms with E-state index < -0.39 is 17.6 Å². The Morgan fingerprint density at radius 3 is 2.55 bits per heavy atom. The average Bonchev–Trinajstić information content (AvgIpc) is 2.81. The fourth-order valence-electron chi connectivity index (χ4n) is 1.96. The lowest BCUT2D eigenvalue weighted by molar-refractivity contribution is 0.0698. The smallest absolute Gasteiger partial charge is 0.341 e. The second kappa shape index (κ2) is 4.37. The summed E-state index contributed by atoms with van der Waals surface area (Å²) in [6, 6.07) is 4.54. The summed E-state index contributed by atoms with van der Waals surface area (Å²) in [6.07, 6.45) is 2.51. The van der Waals surface area contributed by atoms with Gasteiger partial charge in [-0.1, -0.05) is 0 Å². The minimum Gasteiger partial charge on any atom is -0.477 e. The third-order valence-electron chi connectivity index (χ3n) is 2.79. The number of hydrogen-bond acceptors (Lipinski definition) is 3. The maximum Gasteiger partial charge on any atom is 0.341 e. The highest BCUT2D eigenvalue weighted by Crippen LogP contribution is 2.22. The predicted octanol–water partition coefficient (Wildman–Crippen LogP) is 2.37. The van der Waals surface area contributed by atoms with Crippen LogP contribution >= 0.6 is 0 Å². The third kappa shape index (κ3) is 1.89. The zero-order chi connectivity index (χ0) is 14.3. The summed E-state index contributed by atoms with van der Waals surface area (Å²) in [7, 11) is 0. The Kier molecular flexibility index (Phi) is 2.67. The maximum atomic E-state index is 13.3. The zero-order valence-corrected chi connectivity index (χ0v) is 9.92. The fourth-order valence-corrected chi connectivity index (χ4v) is 1.96. The molecule has 0 spiro atoms. The van der Waals surface area contributed by atoms with E-state index in [1.54, 1.807) is 0 Å². The molecule has 0 aliphatic carbocycles. The van der Waals surface area contributed by atoms with Gasteiger partial charge in [-0.2, -0.15) is 5.10 Å². The average molecular weight is 275 g/mol. The van der Waals surface area contributed by atoms with Crippen molar-refractivity contribution in [2.45, 2.75) is 0 Å². The molecule has 2 heterocycles. The largest absolute Gasteiger partial charge is 0.477 e. The lowest BCUT2D eigenvalue weighted by atomic mass is 10.1. The first-order valence-corrected chi connectivity index (χ1v) is 5.59. The number of benzene rings is 1. The molecule has 1 N–H and O–H groups in total. The lowest BCUT2D eigenvalue weighted by Gasteiger charge is -2.05. The number of carboxylic acid groups (broad SMARTS) is 1. The molecule has 0 fully saturated rings. The Labute approximate surface area is 111 Å². The molecule has 2 aromatic heterocycles. The van der Waals surface area contributed by atoms with E-state index in [1.165, 1.54) is 16.8 Å². The third-order valence-corrected chi connectivity index (χ3v) is 2.79. The number of aromatic nitrogens is 3. The summed E-state index contributed by atoms with van der Waals surface area (Å²) in [5.41, 5.74) is 0.624. The minimum atomic E-state index is -1.17. The molecule has 0 bridgehead atoms. The van der Waals surface area contributed by atoms with Gasteiger partial charge in [-0.05, 0) is 18.2 Å². The molecule has 1 aromatic carbocycles. The van der Waals surface area contributed by atoms with Gasteiger partial charge in [0.1, 0.15) is 17.2 Å². The number of fused-ring (bicyclic) bond motifs is 1. The summed E-state index contributed by atoms with van der Waals surface area (Å²) in [4.78, 5) is 14.9. The fraction of sp³-hybridized carbons (Fsp3) is 0. The molecule has 7 heteroatoms. The van der Waals surface area contributed by atoms with E-state index in [4.69, 9.17) is 5.11 Å². The number of halogens is 2. The molecule has 100 valence electrons. The van der Waals surface area contributed by atoms with Crippen LogP contribution in [0.2, 0.25) is 0 Å². The monoisotopic (exact) mass is 275 g/mol. The summed E-state index contributed by atoms with van der Waals surface area (Å²) >= 11 is 0. The first-order chi connectivity index (χ1) is 9.56. The lowest BCUT2D eigenvalue weighted by Crippen LogP contribution is -2.00. The van der Waals surface area contributed by atoms with E-state index >= 15 is 0 Å². The number of carboxylic acids is 1. The van der Waals surface area contributed by atoms with E-state index in [9.17, 15) is 13.6 Å². The molecule has 3 rings (SSSR count). The van der Waals surface area contributed by atoms with Crippen molar-refractivity contribution in [3.05, 3.63) is 53.9 Å². The van der Waals surface area contributed by atoms with Crippen LogP contribution in [0.15, 0.2) is 36.7 Å². The van der Waals surface area contributed by atoms with E-state index in [1.807, 2.05) is 0 Å². The van der Waals surface area contributed by atoms with Gasteiger partial charge in [0.05, 0.1) is 11.9 Å². The highest BCUT2D eigenvalue weighted by Gasteiger charge is 2.15. The standard InChI is InChI=1S/C13H7F2N3O2/c14-8-3-7(4-9(15)5-8)11-1-2-16-12-10(13(19)20)6-17-18(11)12/h1-6H,(H,19,20). The Bertz CT molecular complexity index is 809. The van der Waals surface area contributed by atoms with E-state index in [2.05, 4.69) is 10.1 Å². The molecule has 0 atom stereocenters. The van der Waals surface area contributed by atoms with Crippen molar-refractivity contribution in [1.29, 1.82) is 0 Å². The van der Waals surface area contributed by atoms with Crippen molar-refractivity contribution < 1.29 is 18.7 Å². The van der Waals surface area contributed by atoms with Crippen molar-refractivity contribution in [1.82, 2.24) is 14.6 Å². The molecule has 0 saturated heterocycles. The van der Waals surface area contributed by atoms with Crippen LogP contribution < -0.4 is 0 Å². The van der Waals surface area contributed by atoms with Crippen molar-refractivity contribution in [3.63, 3.8) is 0 Å². The van der Waals surface area contributed by atoms with Crippen LogP contribution in [0, 0.1) is 11.6 Å². The molecular formula is C13H7F2N3O2. The molecule has 0 aliphatic heterocycles. The van der Waals surface area contributed by atoms with Gasteiger partial charge in [0.25, 0.3) is 0 Å². The van der Waals surface area contributed by atoms with Crippen LogP contribution in [0.4, 0.5) is 8.78 Å². The molecule has 0 amide bonds. The first-order valence-electron chi connectivity index (χ1n) is 5.59. The highest BCUT2D eigenvalue weighted by atomic mass is 19.1. The molecule has 0 aliphatic rings. The zero-order valence-electron chi connectivity index (χ0n) is 9.92. The topological polar surface area (TPSA) is 67.5 Å². The van der Waals surface area contributed by atoms with Gasteiger partial charge in [-0.25, -0.2) is 23.1 Å². The van der Waals surface area contributed by atoms with Gasteiger partial charge in [-0.3, -0.25) is 0 Å². The minimum absolute atomic E-state index is 0.0799. The summed E-state index contributed by atoms with van der Waals surface area (Å²) in [5, 5.41) is 12.9. The van der Waals surface area contributed by atoms with Crippen molar-refractivity contribution >= 4 is 11.6 Å². The van der Waals surface area contributed by atoms with E-state index in [0.29, 0.717) is 5.69 Å². The van der Waals surface area contributed by atoms with E-state index in [0.717, 1.165) is 24.4 Å². The first kappa shape index (κ1) is 12.2. The Hall–Kier alpha value is -2.83. The van der Waals surface area contributed by atoms with Gasteiger partial charge in [-0.15, -0.1) is 0 Å². The predicted molar refractivity (Wildman–Crippen MR) is 65.3 cm³/mol. The molecule has 0 saturated carbocycles. The number of hydrogen-bond donors (Lipinski definition) is 1. The second-order valence-electron chi connectivity index (χ2n) is 4.09. The molecular weight excluding hydrogens is 268 g/mol. The number of nitrogens with zero attached hydrogens (tertiary/aromatic N) is 3. The Morgan fingerprint density at radius 1 is 1.20 bits per heavy atom. The Morgan fingerprint density at radius 2 is 1.90 bits per heavy atom. The molecule has 20 heavy (non-hydrogen) atoms. The van der Waals surface area contributed by atoms with Crippen LogP contribution in [0.5, 0.6) is 0 Å². The van der Waals surface area contributed by atoms with Gasteiger partial charge in [0.2, 0.25) is 0 Å². The normalized spacial score (nSPS) is 10.9. The van der Waals surface area contributed by atoms with Crippen LogP contribution in [-0.2, 0) is 0 Å². The van der Waals surface area contributed by atoms with Crippen LogP contribution in [0.25, 0.3) is 16.9 Å². The van der Waals surface area contributed by atoms with E-state index in [-0.39, 0.29) is 16.8 Å². The maximum absolute atomic E-state index is 13.3. The summed E-state index contributed by atoms with van der Waals surface area (Å²) in [6.45, 7) is 0. The quantitative estimate of drug-likeness (QED) is 0.779. The van der Waals surface area contributed by atoms with Crippen LogP contribution in [-0.4, -0.2) is 25.7 Å². The summed E-state index contributed by atoms with van der Waals surface area (Å²) in [5.74, 6) is -2.62. The van der Waals surface area contributed by atoms with Crippen molar-refractivity contribution in [2.75, 3.05) is 0 Å². The number of rotatable bonds is 2. The molecule has 3 aromatic rings. The SMILES string of the molecule is O=C(O)c1cnn2c(-c3cc(F)cc(F)c3)ccnc12. The molecule has 0 radical (unpaired) electrons. The van der Waals surface area contributed by atoms with Crippen molar-refractivity contribution in [3.8, 4) is 11.3 Å². The second-order valence-corrected chi connectivity index (χ2v) is 4.09. The van der Waals surface area contributed by atoms with Crippen LogP contribution in [0.3, 0.4) is 0 Å². The number of aromatic carboxylic acids is 1. The van der Waals surface area contributed by atoms with Gasteiger partial charge < -0.3 is 5.11 Å². The van der Waals surface area contributed by atoms with Gasteiger partial charge >= 0.3 is 5.97 Å². The van der Waals surface area contributed by atoms with Gasteiger partial charge in [0.15, 0.2) is 5.65 Å². The van der Waals surface area contributed by atoms with Crippen molar-refractivity contribution in [2.24, 2.45) is 0 Å². The Balaban J connectivity index is 2.29. The molecule has 0 unspecified atom stereocenters. The van der Waals surface area contributed by atoms with Gasteiger partial charge in [0, 0.05) is 17.8 Å². The summed E-state index contributed by atoms with van der Waals surface area (Å²) < 4.78 is 27.8. The van der Waals surface area contributed by atoms with Crippen LogP contribution in [0.1, 0.15) is 10.4 Å². The highest BCUT2D eigenvalue weighted by molar-refractivity contribution is 5.94. The number of carbonyl (C=O) groups is 1.